The highest BCUT2D eigenvalue weighted by Crippen LogP contribution is 2.31. The first-order valence-corrected chi connectivity index (χ1v) is 6.40. The van der Waals surface area contributed by atoms with Crippen molar-refractivity contribution in [1.82, 2.24) is 0 Å². The molecule has 0 aromatic heterocycles. The largest absolute Gasteiger partial charge is 0.454 e. The molecule has 0 spiro atoms. The first-order chi connectivity index (χ1) is 8.99. The average molecular weight is 344 g/mol. The van der Waals surface area contributed by atoms with Gasteiger partial charge in [0.2, 0.25) is 0 Å². The molecule has 0 aliphatic carbocycles. The quantitative estimate of drug-likeness (QED) is 0.850. The number of ether oxygens (including phenoxy) is 1. The summed E-state index contributed by atoms with van der Waals surface area (Å²) < 4.78 is 32.2. The number of thiocarbonyl (C=S) groups is 1. The zero-order valence-corrected chi connectivity index (χ0v) is 11.9. The second-order valence-electron chi connectivity index (χ2n) is 3.66. The lowest BCUT2D eigenvalue weighted by Crippen LogP contribution is -2.11. The van der Waals surface area contributed by atoms with Gasteiger partial charge in [0.1, 0.15) is 16.6 Å². The van der Waals surface area contributed by atoms with Gasteiger partial charge in [-0.25, -0.2) is 8.78 Å². The van der Waals surface area contributed by atoms with Crippen LogP contribution >= 0.6 is 28.1 Å². The molecule has 2 aromatic carbocycles. The Kier molecular flexibility index (Phi) is 4.11. The highest BCUT2D eigenvalue weighted by molar-refractivity contribution is 9.10. The van der Waals surface area contributed by atoms with Crippen molar-refractivity contribution in [2.45, 2.75) is 0 Å². The summed E-state index contributed by atoms with van der Waals surface area (Å²) in [5.41, 5.74) is 5.84. The fourth-order valence-electron chi connectivity index (χ4n) is 1.43. The molecule has 0 aliphatic heterocycles. The molecule has 19 heavy (non-hydrogen) atoms. The first kappa shape index (κ1) is 13.9. The molecule has 0 heterocycles. The Morgan fingerprint density at radius 2 is 1.74 bits per heavy atom. The zero-order chi connectivity index (χ0) is 14.0. The monoisotopic (exact) mass is 343 g/mol. The van der Waals surface area contributed by atoms with Crippen LogP contribution in [0, 0.1) is 11.6 Å². The molecule has 98 valence electrons. The van der Waals surface area contributed by atoms with E-state index in [0.717, 1.165) is 0 Å². The second-order valence-corrected chi connectivity index (χ2v) is 4.89. The third-order valence-corrected chi connectivity index (χ3v) is 3.35. The molecule has 0 unspecified atom stereocenters. The minimum Gasteiger partial charge on any atom is -0.454 e. The standard InChI is InChI=1S/C13H8BrF2NOS/c14-11-9(13(17)19)5-6-10(12(11)16)18-8-3-1-7(15)2-4-8/h1-6H,(H2,17,19). The van der Waals surface area contributed by atoms with Gasteiger partial charge in [0.25, 0.3) is 0 Å². The van der Waals surface area contributed by atoms with Crippen molar-refractivity contribution in [1.29, 1.82) is 0 Å². The van der Waals surface area contributed by atoms with Crippen LogP contribution in [0.15, 0.2) is 40.9 Å². The molecule has 2 aromatic rings. The van der Waals surface area contributed by atoms with Crippen molar-refractivity contribution in [2.75, 3.05) is 0 Å². The van der Waals surface area contributed by atoms with Crippen LogP contribution in [0.5, 0.6) is 11.5 Å². The van der Waals surface area contributed by atoms with E-state index < -0.39 is 11.6 Å². The van der Waals surface area contributed by atoms with E-state index in [1.54, 1.807) is 6.07 Å². The normalized spacial score (nSPS) is 10.3. The van der Waals surface area contributed by atoms with Crippen LogP contribution in [0.1, 0.15) is 5.56 Å². The van der Waals surface area contributed by atoms with Gasteiger partial charge >= 0.3 is 0 Å². The topological polar surface area (TPSA) is 35.2 Å². The third kappa shape index (κ3) is 3.08. The van der Waals surface area contributed by atoms with Crippen LogP contribution < -0.4 is 10.5 Å². The lowest BCUT2D eigenvalue weighted by molar-refractivity contribution is 0.439. The van der Waals surface area contributed by atoms with Crippen molar-refractivity contribution in [2.24, 2.45) is 5.73 Å². The molecule has 0 fully saturated rings. The predicted octanol–water partition coefficient (Wildman–Crippen LogP) is 4.15. The molecule has 2 nitrogen and oxygen atoms in total. The van der Waals surface area contributed by atoms with Gasteiger partial charge in [-0.05, 0) is 52.3 Å². The predicted molar refractivity (Wildman–Crippen MR) is 76.5 cm³/mol. The van der Waals surface area contributed by atoms with Gasteiger partial charge in [0.05, 0.1) is 4.47 Å². The number of halogens is 3. The Labute approximate surface area is 122 Å². The summed E-state index contributed by atoms with van der Waals surface area (Å²) in [7, 11) is 0. The maximum absolute atomic E-state index is 14.0. The zero-order valence-electron chi connectivity index (χ0n) is 9.49. The lowest BCUT2D eigenvalue weighted by Gasteiger charge is -2.10. The smallest absolute Gasteiger partial charge is 0.180 e. The van der Waals surface area contributed by atoms with Gasteiger partial charge in [-0.15, -0.1) is 0 Å². The van der Waals surface area contributed by atoms with Gasteiger partial charge in [0.15, 0.2) is 11.6 Å². The van der Waals surface area contributed by atoms with Crippen LogP contribution in [0.25, 0.3) is 0 Å². The fraction of sp³-hybridized carbons (Fsp3) is 0. The van der Waals surface area contributed by atoms with E-state index in [1.165, 1.54) is 30.3 Å². The SMILES string of the molecule is NC(=S)c1ccc(Oc2ccc(F)cc2)c(F)c1Br. The second kappa shape index (κ2) is 5.63. The highest BCUT2D eigenvalue weighted by atomic mass is 79.9. The molecule has 0 saturated heterocycles. The Balaban J connectivity index is 2.34. The summed E-state index contributed by atoms with van der Waals surface area (Å²) in [5.74, 6) is -0.679. The van der Waals surface area contributed by atoms with Crippen LogP contribution in [-0.4, -0.2) is 4.99 Å². The summed E-state index contributed by atoms with van der Waals surface area (Å²) in [5, 5.41) is 0. The van der Waals surface area contributed by atoms with Crippen molar-refractivity contribution >= 4 is 33.1 Å². The molecule has 0 saturated carbocycles. The summed E-state index contributed by atoms with van der Waals surface area (Å²) in [6, 6.07) is 8.23. The van der Waals surface area contributed by atoms with Crippen molar-refractivity contribution in [3.05, 3.63) is 58.1 Å². The molecule has 6 heteroatoms. The molecule has 0 atom stereocenters. The molecule has 0 radical (unpaired) electrons. The van der Waals surface area contributed by atoms with E-state index in [0.29, 0.717) is 11.3 Å². The van der Waals surface area contributed by atoms with Gasteiger partial charge in [-0.1, -0.05) is 12.2 Å². The van der Waals surface area contributed by atoms with Crippen LogP contribution in [-0.2, 0) is 0 Å². The molecular formula is C13H8BrF2NOS. The van der Waals surface area contributed by atoms with E-state index in [4.69, 9.17) is 22.7 Å². The Bertz CT molecular complexity index is 631. The summed E-state index contributed by atoms with van der Waals surface area (Å²) in [4.78, 5) is 0.0825. The summed E-state index contributed by atoms with van der Waals surface area (Å²) in [6.45, 7) is 0. The van der Waals surface area contributed by atoms with E-state index in [-0.39, 0.29) is 15.2 Å². The van der Waals surface area contributed by atoms with Gasteiger partial charge in [-0.3, -0.25) is 0 Å². The van der Waals surface area contributed by atoms with Crippen LogP contribution in [0.3, 0.4) is 0 Å². The Morgan fingerprint density at radius 3 is 2.32 bits per heavy atom. The van der Waals surface area contributed by atoms with E-state index in [2.05, 4.69) is 15.9 Å². The minimum atomic E-state index is -0.616. The van der Waals surface area contributed by atoms with Crippen molar-refractivity contribution < 1.29 is 13.5 Å². The van der Waals surface area contributed by atoms with E-state index in [1.807, 2.05) is 0 Å². The molecule has 0 aliphatic rings. The first-order valence-electron chi connectivity index (χ1n) is 5.20. The molecule has 0 amide bonds. The number of hydrogen-bond acceptors (Lipinski definition) is 2. The molecule has 0 bridgehead atoms. The summed E-state index contributed by atoms with van der Waals surface area (Å²) in [6.07, 6.45) is 0. The minimum absolute atomic E-state index is 0.00140. The highest BCUT2D eigenvalue weighted by Gasteiger charge is 2.14. The average Bonchev–Trinajstić information content (AvgIpc) is 2.37. The maximum Gasteiger partial charge on any atom is 0.180 e. The molecular weight excluding hydrogens is 336 g/mol. The van der Waals surface area contributed by atoms with Crippen LogP contribution in [0.2, 0.25) is 0 Å². The number of hydrogen-bond donors (Lipinski definition) is 1. The Hall–Kier alpha value is -1.53. The van der Waals surface area contributed by atoms with Gasteiger partial charge in [-0.2, -0.15) is 0 Å². The fourth-order valence-corrected chi connectivity index (χ4v) is 2.27. The van der Waals surface area contributed by atoms with Gasteiger partial charge < -0.3 is 10.5 Å². The van der Waals surface area contributed by atoms with E-state index >= 15 is 0 Å². The lowest BCUT2D eigenvalue weighted by atomic mass is 10.2. The van der Waals surface area contributed by atoms with Crippen molar-refractivity contribution in [3.8, 4) is 11.5 Å². The number of nitrogens with two attached hydrogens (primary N) is 1. The molecule has 2 N–H and O–H groups in total. The van der Waals surface area contributed by atoms with Crippen LogP contribution in [0.4, 0.5) is 8.78 Å². The summed E-state index contributed by atoms with van der Waals surface area (Å²) >= 11 is 7.87. The maximum atomic E-state index is 14.0. The molecule has 2 rings (SSSR count). The van der Waals surface area contributed by atoms with Gasteiger partial charge in [0, 0.05) is 5.56 Å². The number of benzene rings is 2. The number of rotatable bonds is 3. The third-order valence-electron chi connectivity index (χ3n) is 2.35. The Morgan fingerprint density at radius 1 is 1.11 bits per heavy atom. The van der Waals surface area contributed by atoms with Crippen molar-refractivity contribution in [3.63, 3.8) is 0 Å². The van der Waals surface area contributed by atoms with E-state index in [9.17, 15) is 8.78 Å².